The van der Waals surface area contributed by atoms with Gasteiger partial charge in [-0.15, -0.1) is 11.3 Å². The van der Waals surface area contributed by atoms with E-state index in [1.165, 1.54) is 21.3 Å². The van der Waals surface area contributed by atoms with Gasteiger partial charge in [0, 0.05) is 28.0 Å². The van der Waals surface area contributed by atoms with Crippen LogP contribution >= 0.6 is 34.5 Å². The van der Waals surface area contributed by atoms with Gasteiger partial charge in [0.15, 0.2) is 0 Å². The Balaban J connectivity index is 1.57. The van der Waals surface area contributed by atoms with Crippen molar-refractivity contribution in [1.29, 1.82) is 0 Å². The average molecular weight is 582 g/mol. The molecule has 2 aromatic carbocycles. The lowest BCUT2D eigenvalue weighted by molar-refractivity contribution is -0.135. The van der Waals surface area contributed by atoms with Crippen LogP contribution in [0.15, 0.2) is 58.8 Å². The lowest BCUT2D eigenvalue weighted by Gasteiger charge is -2.37. The van der Waals surface area contributed by atoms with Crippen molar-refractivity contribution in [2.75, 3.05) is 26.2 Å². The smallest absolute Gasteiger partial charge is 0.243 e. The Labute approximate surface area is 232 Å². The van der Waals surface area contributed by atoms with E-state index in [4.69, 9.17) is 27.9 Å². The number of thiophene rings is 1. The highest BCUT2D eigenvalue weighted by atomic mass is 35.5. The molecule has 0 radical (unpaired) electrons. The molecule has 0 saturated carbocycles. The van der Waals surface area contributed by atoms with Gasteiger partial charge in [-0.2, -0.15) is 4.31 Å². The maximum absolute atomic E-state index is 13.7. The lowest BCUT2D eigenvalue weighted by Crippen LogP contribution is -2.48. The predicted octanol–water partition coefficient (Wildman–Crippen LogP) is 6.22. The molecule has 1 atom stereocenters. The number of carbonyl (C=O) groups excluding carboxylic acids is 1. The van der Waals surface area contributed by atoms with Gasteiger partial charge in [0.25, 0.3) is 0 Å². The van der Waals surface area contributed by atoms with Crippen LogP contribution in [-0.4, -0.2) is 49.8 Å². The fraction of sp³-hybridized carbons (Fsp3) is 0.370. The van der Waals surface area contributed by atoms with Gasteiger partial charge in [-0.3, -0.25) is 4.79 Å². The van der Waals surface area contributed by atoms with Gasteiger partial charge < -0.3 is 9.64 Å². The second-order valence-electron chi connectivity index (χ2n) is 9.52. The van der Waals surface area contributed by atoms with Crippen LogP contribution in [0.25, 0.3) is 0 Å². The zero-order valence-electron chi connectivity index (χ0n) is 21.0. The van der Waals surface area contributed by atoms with Crippen molar-refractivity contribution in [3.8, 4) is 5.75 Å². The molecule has 1 aliphatic heterocycles. The maximum Gasteiger partial charge on any atom is 0.243 e. The van der Waals surface area contributed by atoms with Crippen LogP contribution in [0.3, 0.4) is 0 Å². The molecule has 3 aromatic rings. The summed E-state index contributed by atoms with van der Waals surface area (Å²) in [6.45, 7) is 6.49. The molecule has 0 bridgehead atoms. The first-order valence-electron chi connectivity index (χ1n) is 12.1. The number of rotatable bonds is 9. The minimum absolute atomic E-state index is 0.0342. The summed E-state index contributed by atoms with van der Waals surface area (Å²) in [5, 5.41) is 3.13. The Morgan fingerprint density at radius 1 is 1.16 bits per heavy atom. The molecule has 0 saturated heterocycles. The molecule has 4 rings (SSSR count). The molecular weight excluding hydrogens is 551 g/mol. The number of carbonyl (C=O) groups is 1. The first-order chi connectivity index (χ1) is 17.6. The van der Waals surface area contributed by atoms with Crippen molar-refractivity contribution in [2.24, 2.45) is 5.92 Å². The SMILES string of the molecule is Cc1cc(OCC2c3ccsc3CCN2C(=O)CN(CC(C)C)S(=O)(=O)c2ccc(Cl)cc2)ccc1Cl. The van der Waals surface area contributed by atoms with Gasteiger partial charge in [0.2, 0.25) is 15.9 Å². The number of benzene rings is 2. The Hall–Kier alpha value is -2.10. The lowest BCUT2D eigenvalue weighted by atomic mass is 10.0. The highest BCUT2D eigenvalue weighted by Crippen LogP contribution is 2.34. The summed E-state index contributed by atoms with van der Waals surface area (Å²) in [5.41, 5.74) is 1.95. The third-order valence-electron chi connectivity index (χ3n) is 6.28. The molecule has 198 valence electrons. The minimum atomic E-state index is -3.89. The van der Waals surface area contributed by atoms with Gasteiger partial charge in [-0.05, 0) is 84.3 Å². The third-order valence-corrected chi connectivity index (χ3v) is 9.78. The molecule has 2 heterocycles. The normalized spacial score (nSPS) is 15.8. The summed E-state index contributed by atoms with van der Waals surface area (Å²) in [7, 11) is -3.89. The first-order valence-corrected chi connectivity index (χ1v) is 15.1. The zero-order valence-corrected chi connectivity index (χ0v) is 24.1. The molecule has 1 aliphatic rings. The highest BCUT2D eigenvalue weighted by molar-refractivity contribution is 7.89. The molecule has 37 heavy (non-hydrogen) atoms. The van der Waals surface area contributed by atoms with E-state index in [1.54, 1.807) is 34.4 Å². The summed E-state index contributed by atoms with van der Waals surface area (Å²) >= 11 is 13.8. The van der Waals surface area contributed by atoms with E-state index >= 15 is 0 Å². The summed E-state index contributed by atoms with van der Waals surface area (Å²) < 4.78 is 34.4. The standard InChI is InChI=1S/C27H30Cl2N2O4S2/c1-18(2)15-30(37(33,34)22-7-4-20(28)5-8-22)16-27(32)31-12-10-26-23(11-13-36-26)25(31)17-35-21-6-9-24(29)19(3)14-21/h4-9,11,13-14,18,25H,10,12,15-17H2,1-3H3. The van der Waals surface area contributed by atoms with Gasteiger partial charge >= 0.3 is 0 Å². The van der Waals surface area contributed by atoms with E-state index < -0.39 is 10.0 Å². The number of hydrogen-bond acceptors (Lipinski definition) is 5. The highest BCUT2D eigenvalue weighted by Gasteiger charge is 2.35. The Kier molecular flexibility index (Phi) is 8.86. The van der Waals surface area contributed by atoms with Crippen molar-refractivity contribution in [3.05, 3.63) is 80.0 Å². The first kappa shape index (κ1) is 27.9. The van der Waals surface area contributed by atoms with Crippen LogP contribution in [0.2, 0.25) is 10.0 Å². The van der Waals surface area contributed by atoms with E-state index in [9.17, 15) is 13.2 Å². The number of halogens is 2. The zero-order chi connectivity index (χ0) is 26.7. The summed E-state index contributed by atoms with van der Waals surface area (Å²) in [6.07, 6.45) is 0.726. The topological polar surface area (TPSA) is 66.9 Å². The van der Waals surface area contributed by atoms with Crippen LogP contribution < -0.4 is 4.74 Å². The van der Waals surface area contributed by atoms with E-state index in [0.717, 1.165) is 17.5 Å². The van der Waals surface area contributed by atoms with E-state index in [-0.39, 0.29) is 42.5 Å². The van der Waals surface area contributed by atoms with Crippen LogP contribution in [-0.2, 0) is 21.2 Å². The quantitative estimate of drug-likeness (QED) is 0.301. The minimum Gasteiger partial charge on any atom is -0.491 e. The number of ether oxygens (including phenoxy) is 1. The molecule has 10 heteroatoms. The number of nitrogens with zero attached hydrogens (tertiary/aromatic N) is 2. The van der Waals surface area contributed by atoms with Crippen molar-refractivity contribution in [1.82, 2.24) is 9.21 Å². The van der Waals surface area contributed by atoms with Crippen LogP contribution in [0.4, 0.5) is 0 Å². The monoisotopic (exact) mass is 580 g/mol. The van der Waals surface area contributed by atoms with Crippen LogP contribution in [0.1, 0.15) is 35.9 Å². The molecule has 0 spiro atoms. The number of fused-ring (bicyclic) bond motifs is 1. The van der Waals surface area contributed by atoms with E-state index in [2.05, 4.69) is 0 Å². The number of sulfonamides is 1. The number of hydrogen-bond donors (Lipinski definition) is 0. The summed E-state index contributed by atoms with van der Waals surface area (Å²) in [5.74, 6) is 0.450. The predicted molar refractivity (Wildman–Crippen MR) is 149 cm³/mol. The summed E-state index contributed by atoms with van der Waals surface area (Å²) in [4.78, 5) is 16.8. The van der Waals surface area contributed by atoms with Crippen molar-refractivity contribution < 1.29 is 17.9 Å². The molecule has 6 nitrogen and oxygen atoms in total. The molecule has 0 fully saturated rings. The van der Waals surface area contributed by atoms with Crippen molar-refractivity contribution in [2.45, 2.75) is 38.1 Å². The van der Waals surface area contributed by atoms with Gasteiger partial charge in [-0.1, -0.05) is 37.0 Å². The summed E-state index contributed by atoms with van der Waals surface area (Å²) in [6, 6.07) is 13.2. The maximum atomic E-state index is 13.7. The van der Waals surface area contributed by atoms with E-state index in [0.29, 0.717) is 22.3 Å². The third kappa shape index (κ3) is 6.49. The van der Waals surface area contributed by atoms with Gasteiger partial charge in [-0.25, -0.2) is 8.42 Å². The molecule has 0 aliphatic carbocycles. The molecular formula is C27H30Cl2N2O4S2. The fourth-order valence-electron chi connectivity index (χ4n) is 4.41. The van der Waals surface area contributed by atoms with Gasteiger partial charge in [0.05, 0.1) is 17.5 Å². The molecule has 1 aromatic heterocycles. The van der Waals surface area contributed by atoms with Crippen LogP contribution in [0, 0.1) is 12.8 Å². The second-order valence-corrected chi connectivity index (χ2v) is 13.3. The largest absolute Gasteiger partial charge is 0.491 e. The Morgan fingerprint density at radius 3 is 2.57 bits per heavy atom. The van der Waals surface area contributed by atoms with E-state index in [1.807, 2.05) is 44.4 Å². The number of amides is 1. The second kappa shape index (κ2) is 11.7. The average Bonchev–Trinajstić information content (AvgIpc) is 3.33. The van der Waals surface area contributed by atoms with Gasteiger partial charge in [0.1, 0.15) is 12.4 Å². The molecule has 1 unspecified atom stereocenters. The fourth-order valence-corrected chi connectivity index (χ4v) is 7.13. The van der Waals surface area contributed by atoms with Crippen molar-refractivity contribution in [3.63, 3.8) is 0 Å². The van der Waals surface area contributed by atoms with Crippen molar-refractivity contribution >= 4 is 50.5 Å². The Morgan fingerprint density at radius 2 is 1.89 bits per heavy atom. The number of aryl methyl sites for hydroxylation is 1. The molecule has 0 N–H and O–H groups in total. The Bertz CT molecular complexity index is 1360. The molecule has 1 amide bonds. The van der Waals surface area contributed by atoms with Crippen LogP contribution in [0.5, 0.6) is 5.75 Å².